The summed E-state index contributed by atoms with van der Waals surface area (Å²) in [7, 11) is 4.00. The lowest BCUT2D eigenvalue weighted by atomic mass is 10.2. The first-order valence-electron chi connectivity index (χ1n) is 5.21. The minimum Gasteiger partial charge on any atom is -0.378 e. The van der Waals surface area contributed by atoms with Crippen LogP contribution in [0.2, 0.25) is 0 Å². The highest BCUT2D eigenvalue weighted by molar-refractivity contribution is 8.14. The lowest BCUT2D eigenvalue weighted by molar-refractivity contribution is -0.116. The topological polar surface area (TPSA) is 32.3 Å². The summed E-state index contributed by atoms with van der Waals surface area (Å²) in [6.45, 7) is 0. The summed E-state index contributed by atoms with van der Waals surface area (Å²) in [5.41, 5.74) is 2.17. The van der Waals surface area contributed by atoms with E-state index in [1.54, 1.807) is 0 Å². The van der Waals surface area contributed by atoms with Gasteiger partial charge in [0.2, 0.25) is 0 Å². The Labute approximate surface area is 111 Å². The molecular formula is C12H14N2OS2. The molecule has 1 unspecified atom stereocenters. The zero-order valence-corrected chi connectivity index (χ0v) is 11.4. The van der Waals surface area contributed by atoms with E-state index in [0.29, 0.717) is 4.91 Å². The van der Waals surface area contributed by atoms with E-state index in [4.69, 9.17) is 0 Å². The van der Waals surface area contributed by atoms with Crippen molar-refractivity contribution < 1.29 is 4.79 Å². The van der Waals surface area contributed by atoms with Crippen LogP contribution in [0.25, 0.3) is 6.08 Å². The molecule has 90 valence electrons. The van der Waals surface area contributed by atoms with Crippen LogP contribution in [-0.4, -0.2) is 24.7 Å². The molecule has 3 nitrogen and oxygen atoms in total. The van der Waals surface area contributed by atoms with Crippen molar-refractivity contribution in [2.75, 3.05) is 19.0 Å². The Morgan fingerprint density at radius 2 is 2.00 bits per heavy atom. The van der Waals surface area contributed by atoms with E-state index in [0.717, 1.165) is 11.3 Å². The van der Waals surface area contributed by atoms with E-state index < -0.39 is 0 Å². The van der Waals surface area contributed by atoms with Gasteiger partial charge >= 0.3 is 0 Å². The average molecular weight is 266 g/mol. The van der Waals surface area contributed by atoms with Gasteiger partial charge in [-0.2, -0.15) is 0 Å². The lowest BCUT2D eigenvalue weighted by Gasteiger charge is -2.11. The molecule has 0 aliphatic carbocycles. The van der Waals surface area contributed by atoms with E-state index in [9.17, 15) is 4.79 Å². The SMILES string of the molecule is CN(C)c1ccc(/C=C2\SC(S)NC2=O)cc1. The number of anilines is 1. The summed E-state index contributed by atoms with van der Waals surface area (Å²) in [5.74, 6) is -0.0494. The zero-order valence-electron chi connectivity index (χ0n) is 9.68. The number of hydrogen-bond acceptors (Lipinski definition) is 4. The van der Waals surface area contributed by atoms with Gasteiger partial charge in [-0.15, -0.1) is 12.6 Å². The van der Waals surface area contributed by atoms with Crippen LogP contribution < -0.4 is 10.2 Å². The second kappa shape index (κ2) is 5.06. The Morgan fingerprint density at radius 3 is 2.47 bits per heavy atom. The summed E-state index contributed by atoms with van der Waals surface area (Å²) >= 11 is 5.64. The Hall–Kier alpha value is -1.07. The fourth-order valence-electron chi connectivity index (χ4n) is 1.51. The highest BCUT2D eigenvalue weighted by Gasteiger charge is 2.23. The minimum absolute atomic E-state index is 0.0494. The molecule has 5 heteroatoms. The standard InChI is InChI=1S/C12H14N2OS2/c1-14(2)9-5-3-8(4-6-9)7-10-11(15)13-12(16)17-10/h3-7,12,16H,1-2H3,(H,13,15)/b10-7-. The third-order valence-electron chi connectivity index (χ3n) is 2.42. The smallest absolute Gasteiger partial charge is 0.259 e. The number of benzene rings is 1. The predicted octanol–water partition coefficient (Wildman–Crippen LogP) is 2.17. The first-order chi connectivity index (χ1) is 8.06. The third kappa shape index (κ3) is 2.98. The van der Waals surface area contributed by atoms with Gasteiger partial charge in [0.25, 0.3) is 5.91 Å². The summed E-state index contributed by atoms with van der Waals surface area (Å²) < 4.78 is -0.130. The third-order valence-corrected chi connectivity index (χ3v) is 3.77. The molecule has 0 spiro atoms. The minimum atomic E-state index is -0.130. The number of nitrogens with zero attached hydrogens (tertiary/aromatic N) is 1. The van der Waals surface area contributed by atoms with Crippen LogP contribution in [-0.2, 0) is 4.79 Å². The Balaban J connectivity index is 2.19. The van der Waals surface area contributed by atoms with E-state index in [1.807, 2.05) is 49.3 Å². The van der Waals surface area contributed by atoms with Crippen molar-refractivity contribution in [3.05, 3.63) is 34.7 Å². The molecule has 0 radical (unpaired) electrons. The number of rotatable bonds is 2. The van der Waals surface area contributed by atoms with E-state index in [2.05, 4.69) is 17.9 Å². The highest BCUT2D eigenvalue weighted by Crippen LogP contribution is 2.31. The Bertz CT molecular complexity index is 454. The maximum absolute atomic E-state index is 11.5. The maximum Gasteiger partial charge on any atom is 0.259 e. The molecule has 1 amide bonds. The number of thioether (sulfide) groups is 1. The van der Waals surface area contributed by atoms with Gasteiger partial charge in [-0.05, 0) is 23.8 Å². The normalized spacial score (nSPS) is 21.7. The van der Waals surface area contributed by atoms with Crippen LogP contribution in [0.1, 0.15) is 5.56 Å². The van der Waals surface area contributed by atoms with Gasteiger partial charge in [0, 0.05) is 19.8 Å². The fourth-order valence-corrected chi connectivity index (χ4v) is 2.74. The molecule has 1 heterocycles. The molecule has 1 fully saturated rings. The molecule has 1 aromatic carbocycles. The van der Waals surface area contributed by atoms with E-state index >= 15 is 0 Å². The molecule has 1 aromatic rings. The zero-order chi connectivity index (χ0) is 12.4. The summed E-state index contributed by atoms with van der Waals surface area (Å²) in [6.07, 6.45) is 1.88. The van der Waals surface area contributed by atoms with Crippen molar-refractivity contribution in [2.45, 2.75) is 4.71 Å². The molecule has 0 bridgehead atoms. The summed E-state index contributed by atoms with van der Waals surface area (Å²) in [6, 6.07) is 8.06. The molecule has 1 aliphatic heterocycles. The highest BCUT2D eigenvalue weighted by atomic mass is 32.2. The van der Waals surface area contributed by atoms with Crippen molar-refractivity contribution >= 4 is 42.1 Å². The molecule has 0 aromatic heterocycles. The van der Waals surface area contributed by atoms with Crippen LogP contribution in [0.5, 0.6) is 0 Å². The largest absolute Gasteiger partial charge is 0.378 e. The van der Waals surface area contributed by atoms with Gasteiger partial charge in [-0.3, -0.25) is 4.79 Å². The summed E-state index contributed by atoms with van der Waals surface area (Å²) in [4.78, 5) is 14.3. The fraction of sp³-hybridized carbons (Fsp3) is 0.250. The molecule has 17 heavy (non-hydrogen) atoms. The van der Waals surface area contributed by atoms with Crippen LogP contribution in [0, 0.1) is 0 Å². The number of thiol groups is 1. The molecule has 1 atom stereocenters. The average Bonchev–Trinajstić information content (AvgIpc) is 2.58. The quantitative estimate of drug-likeness (QED) is 0.635. The van der Waals surface area contributed by atoms with Crippen LogP contribution in [0.4, 0.5) is 5.69 Å². The van der Waals surface area contributed by atoms with Crippen molar-refractivity contribution in [2.24, 2.45) is 0 Å². The Morgan fingerprint density at radius 1 is 1.35 bits per heavy atom. The molecule has 2 rings (SSSR count). The van der Waals surface area contributed by atoms with Crippen molar-refractivity contribution in [3.63, 3.8) is 0 Å². The van der Waals surface area contributed by atoms with Gasteiger partial charge in [-0.25, -0.2) is 0 Å². The second-order valence-corrected chi connectivity index (χ2v) is 5.95. The monoisotopic (exact) mass is 266 g/mol. The van der Waals surface area contributed by atoms with E-state index in [1.165, 1.54) is 11.8 Å². The van der Waals surface area contributed by atoms with Crippen LogP contribution >= 0.6 is 24.4 Å². The second-order valence-electron chi connectivity index (χ2n) is 3.94. The number of carbonyl (C=O) groups excluding carboxylic acids is 1. The summed E-state index contributed by atoms with van der Waals surface area (Å²) in [5, 5.41) is 2.73. The number of amides is 1. The first kappa shape index (κ1) is 12.4. The number of hydrogen-bond donors (Lipinski definition) is 2. The number of nitrogens with one attached hydrogen (secondary N) is 1. The maximum atomic E-state index is 11.5. The van der Waals surface area contributed by atoms with Gasteiger partial charge in [0.15, 0.2) is 0 Å². The molecular weight excluding hydrogens is 252 g/mol. The number of carbonyl (C=O) groups is 1. The van der Waals surface area contributed by atoms with E-state index in [-0.39, 0.29) is 10.6 Å². The lowest BCUT2D eigenvalue weighted by Crippen LogP contribution is -2.19. The van der Waals surface area contributed by atoms with Crippen LogP contribution in [0.3, 0.4) is 0 Å². The van der Waals surface area contributed by atoms with Crippen molar-refractivity contribution in [1.82, 2.24) is 5.32 Å². The van der Waals surface area contributed by atoms with Gasteiger partial charge in [-0.1, -0.05) is 23.9 Å². The molecule has 0 saturated carbocycles. The van der Waals surface area contributed by atoms with Gasteiger partial charge < -0.3 is 10.2 Å². The van der Waals surface area contributed by atoms with Crippen molar-refractivity contribution in [1.29, 1.82) is 0 Å². The predicted molar refractivity (Wildman–Crippen MR) is 77.3 cm³/mol. The Kier molecular flexibility index (Phi) is 3.69. The molecule has 1 N–H and O–H groups in total. The first-order valence-corrected chi connectivity index (χ1v) is 6.60. The van der Waals surface area contributed by atoms with Gasteiger partial charge in [0.05, 0.1) is 4.91 Å². The van der Waals surface area contributed by atoms with Crippen molar-refractivity contribution in [3.8, 4) is 0 Å². The molecule has 1 saturated heterocycles. The van der Waals surface area contributed by atoms with Crippen LogP contribution in [0.15, 0.2) is 29.2 Å². The molecule has 1 aliphatic rings. The van der Waals surface area contributed by atoms with Gasteiger partial charge in [0.1, 0.15) is 4.71 Å².